The van der Waals surface area contributed by atoms with Crippen molar-refractivity contribution < 1.29 is 19.1 Å². The van der Waals surface area contributed by atoms with Crippen LogP contribution in [0.4, 0.5) is 11.4 Å². The second-order valence-electron chi connectivity index (χ2n) is 7.01. The number of nitrogens with zero attached hydrogens (tertiary/aromatic N) is 1. The maximum absolute atomic E-state index is 12.4. The van der Waals surface area contributed by atoms with Crippen LogP contribution in [0.3, 0.4) is 0 Å². The van der Waals surface area contributed by atoms with Gasteiger partial charge in [-0.1, -0.05) is 19.1 Å². The van der Waals surface area contributed by atoms with Gasteiger partial charge >= 0.3 is 0 Å². The van der Waals surface area contributed by atoms with Crippen molar-refractivity contribution in [3.05, 3.63) is 47.5 Å². The molecule has 29 heavy (non-hydrogen) atoms. The zero-order valence-electron chi connectivity index (χ0n) is 17.1. The van der Waals surface area contributed by atoms with E-state index in [2.05, 4.69) is 10.6 Å². The second kappa shape index (κ2) is 9.43. The summed E-state index contributed by atoms with van der Waals surface area (Å²) in [6.07, 6.45) is 0. The Morgan fingerprint density at radius 2 is 1.66 bits per heavy atom. The van der Waals surface area contributed by atoms with E-state index in [9.17, 15) is 9.59 Å². The molecule has 0 saturated heterocycles. The molecule has 0 bridgehead atoms. The first-order valence-corrected chi connectivity index (χ1v) is 9.74. The minimum atomic E-state index is -0.192. The van der Waals surface area contributed by atoms with Crippen LogP contribution in [0.2, 0.25) is 0 Å². The Hall–Kier alpha value is -3.06. The van der Waals surface area contributed by atoms with E-state index < -0.39 is 0 Å². The quantitative estimate of drug-likeness (QED) is 0.751. The van der Waals surface area contributed by atoms with Crippen LogP contribution in [0.1, 0.15) is 18.1 Å². The Balaban J connectivity index is 1.54. The predicted molar refractivity (Wildman–Crippen MR) is 113 cm³/mol. The van der Waals surface area contributed by atoms with Crippen molar-refractivity contribution in [3.8, 4) is 11.5 Å². The number of rotatable bonds is 7. The van der Waals surface area contributed by atoms with Gasteiger partial charge in [0.15, 0.2) is 11.5 Å². The highest BCUT2D eigenvalue weighted by Crippen LogP contribution is 2.32. The Kier molecular flexibility index (Phi) is 6.72. The van der Waals surface area contributed by atoms with Crippen molar-refractivity contribution in [1.82, 2.24) is 4.90 Å². The van der Waals surface area contributed by atoms with Crippen molar-refractivity contribution >= 4 is 23.2 Å². The zero-order chi connectivity index (χ0) is 20.8. The van der Waals surface area contributed by atoms with Crippen molar-refractivity contribution in [3.63, 3.8) is 0 Å². The van der Waals surface area contributed by atoms with E-state index in [4.69, 9.17) is 9.47 Å². The number of carbonyl (C=O) groups is 2. The highest BCUT2D eigenvalue weighted by molar-refractivity contribution is 5.95. The first-order chi connectivity index (χ1) is 14.0. The summed E-state index contributed by atoms with van der Waals surface area (Å²) >= 11 is 0. The highest BCUT2D eigenvalue weighted by atomic mass is 16.6. The number of hydrogen-bond acceptors (Lipinski definition) is 5. The lowest BCUT2D eigenvalue weighted by atomic mass is 10.1. The number of amides is 2. The van der Waals surface area contributed by atoms with Gasteiger partial charge in [0.05, 0.1) is 13.1 Å². The van der Waals surface area contributed by atoms with E-state index in [1.165, 1.54) is 0 Å². The molecule has 1 heterocycles. The Morgan fingerprint density at radius 1 is 0.966 bits per heavy atom. The molecule has 2 amide bonds. The summed E-state index contributed by atoms with van der Waals surface area (Å²) in [5.74, 6) is 0.956. The number of likely N-dealkylation sites (N-methyl/N-ethyl adjacent to an activating group) is 1. The fourth-order valence-electron chi connectivity index (χ4n) is 3.08. The molecule has 3 rings (SSSR count). The minimum absolute atomic E-state index is 0.116. The van der Waals surface area contributed by atoms with Gasteiger partial charge < -0.3 is 20.1 Å². The predicted octanol–water partition coefficient (Wildman–Crippen LogP) is 2.97. The number of fused-ring (bicyclic) bond motifs is 1. The summed E-state index contributed by atoms with van der Waals surface area (Å²) in [5.41, 5.74) is 3.59. The van der Waals surface area contributed by atoms with Gasteiger partial charge in [-0.15, -0.1) is 0 Å². The van der Waals surface area contributed by atoms with Gasteiger partial charge in [-0.25, -0.2) is 0 Å². The number of benzene rings is 2. The molecule has 0 aliphatic carbocycles. The van der Waals surface area contributed by atoms with Gasteiger partial charge in [0.25, 0.3) is 0 Å². The van der Waals surface area contributed by atoms with Gasteiger partial charge in [0.2, 0.25) is 11.8 Å². The van der Waals surface area contributed by atoms with Crippen molar-refractivity contribution in [2.24, 2.45) is 0 Å². The third kappa shape index (κ3) is 5.48. The van der Waals surface area contributed by atoms with Crippen LogP contribution >= 0.6 is 0 Å². The van der Waals surface area contributed by atoms with E-state index in [0.29, 0.717) is 36.9 Å². The number of ether oxygens (including phenoxy) is 2. The Labute approximate surface area is 171 Å². The van der Waals surface area contributed by atoms with Crippen molar-refractivity contribution in [2.45, 2.75) is 20.8 Å². The molecule has 0 saturated carbocycles. The molecule has 7 nitrogen and oxygen atoms in total. The highest BCUT2D eigenvalue weighted by Gasteiger charge is 2.16. The summed E-state index contributed by atoms with van der Waals surface area (Å²) in [7, 11) is 0. The molecule has 154 valence electrons. The molecule has 0 fully saturated rings. The van der Waals surface area contributed by atoms with Crippen LogP contribution in [0.25, 0.3) is 0 Å². The van der Waals surface area contributed by atoms with E-state index in [0.717, 1.165) is 16.8 Å². The fraction of sp³-hybridized carbons (Fsp3) is 0.364. The lowest BCUT2D eigenvalue weighted by molar-refractivity contribution is -0.119. The number of anilines is 2. The summed E-state index contributed by atoms with van der Waals surface area (Å²) < 4.78 is 11.0. The standard InChI is InChI=1S/C22H27N3O4/c1-4-25(14-22(27)24-18-7-5-6-15(2)16(18)3)13-21(26)23-17-8-9-19-20(12-17)29-11-10-28-19/h5-9,12H,4,10-11,13-14H2,1-3H3,(H,23,26)(H,24,27). The lowest BCUT2D eigenvalue weighted by Crippen LogP contribution is -2.38. The third-order valence-corrected chi connectivity index (χ3v) is 4.89. The van der Waals surface area contributed by atoms with E-state index in [-0.39, 0.29) is 24.9 Å². The monoisotopic (exact) mass is 397 g/mol. The molecular formula is C22H27N3O4. The normalized spacial score (nSPS) is 12.6. The van der Waals surface area contributed by atoms with Crippen molar-refractivity contribution in [2.75, 3.05) is 43.5 Å². The largest absolute Gasteiger partial charge is 0.486 e. The van der Waals surface area contributed by atoms with Crippen LogP contribution < -0.4 is 20.1 Å². The lowest BCUT2D eigenvalue weighted by Gasteiger charge is -2.21. The van der Waals surface area contributed by atoms with Crippen LogP contribution in [0.15, 0.2) is 36.4 Å². The number of hydrogen-bond donors (Lipinski definition) is 2. The smallest absolute Gasteiger partial charge is 0.238 e. The Morgan fingerprint density at radius 3 is 2.38 bits per heavy atom. The molecule has 0 unspecified atom stereocenters. The summed E-state index contributed by atoms with van der Waals surface area (Å²) in [5, 5.41) is 5.78. The van der Waals surface area contributed by atoms with Crippen LogP contribution in [0, 0.1) is 13.8 Å². The first-order valence-electron chi connectivity index (χ1n) is 9.74. The molecule has 0 spiro atoms. The molecule has 7 heteroatoms. The maximum atomic E-state index is 12.4. The third-order valence-electron chi connectivity index (χ3n) is 4.89. The molecule has 0 radical (unpaired) electrons. The van der Waals surface area contributed by atoms with Crippen LogP contribution in [0.5, 0.6) is 11.5 Å². The van der Waals surface area contributed by atoms with E-state index in [1.807, 2.05) is 39.0 Å². The molecule has 2 aromatic rings. The van der Waals surface area contributed by atoms with Gasteiger partial charge in [0.1, 0.15) is 13.2 Å². The molecule has 1 aliphatic heterocycles. The average Bonchev–Trinajstić information content (AvgIpc) is 2.70. The minimum Gasteiger partial charge on any atom is -0.486 e. The van der Waals surface area contributed by atoms with Crippen LogP contribution in [-0.4, -0.2) is 49.6 Å². The first kappa shape index (κ1) is 20.7. The molecule has 0 aromatic heterocycles. The maximum Gasteiger partial charge on any atom is 0.238 e. The molecule has 0 atom stereocenters. The molecule has 2 N–H and O–H groups in total. The van der Waals surface area contributed by atoms with E-state index >= 15 is 0 Å². The van der Waals surface area contributed by atoms with Crippen molar-refractivity contribution in [1.29, 1.82) is 0 Å². The van der Waals surface area contributed by atoms with Gasteiger partial charge in [-0.05, 0) is 49.7 Å². The number of carbonyl (C=O) groups excluding carboxylic acids is 2. The number of aryl methyl sites for hydroxylation is 1. The summed E-state index contributed by atoms with van der Waals surface area (Å²) in [4.78, 5) is 26.6. The molecule has 2 aromatic carbocycles. The number of nitrogens with one attached hydrogen (secondary N) is 2. The van der Waals surface area contributed by atoms with Gasteiger partial charge in [0, 0.05) is 17.4 Å². The second-order valence-corrected chi connectivity index (χ2v) is 7.01. The van der Waals surface area contributed by atoms with E-state index in [1.54, 1.807) is 23.1 Å². The molecule has 1 aliphatic rings. The average molecular weight is 397 g/mol. The van der Waals surface area contributed by atoms with Crippen LogP contribution in [-0.2, 0) is 9.59 Å². The zero-order valence-corrected chi connectivity index (χ0v) is 17.1. The topological polar surface area (TPSA) is 79.9 Å². The fourth-order valence-corrected chi connectivity index (χ4v) is 3.08. The SMILES string of the molecule is CCN(CC(=O)Nc1ccc2c(c1)OCCO2)CC(=O)Nc1cccc(C)c1C. The molecular weight excluding hydrogens is 370 g/mol. The Bertz CT molecular complexity index is 898. The summed E-state index contributed by atoms with van der Waals surface area (Å²) in [6, 6.07) is 11.1. The van der Waals surface area contributed by atoms with Gasteiger partial charge in [-0.3, -0.25) is 14.5 Å². The summed E-state index contributed by atoms with van der Waals surface area (Å²) in [6.45, 7) is 7.74. The van der Waals surface area contributed by atoms with Gasteiger partial charge in [-0.2, -0.15) is 0 Å².